The predicted octanol–water partition coefficient (Wildman–Crippen LogP) is 4.21. The Morgan fingerprint density at radius 2 is 2.00 bits per heavy atom. The average Bonchev–Trinajstić information content (AvgIpc) is 2.70. The number of hydrogen-bond acceptors (Lipinski definition) is 5. The van der Waals surface area contributed by atoms with Crippen molar-refractivity contribution in [3.63, 3.8) is 0 Å². The van der Waals surface area contributed by atoms with E-state index in [2.05, 4.69) is 59.5 Å². The lowest BCUT2D eigenvalue weighted by atomic mass is 10.1. The zero-order chi connectivity index (χ0) is 19.5. The minimum absolute atomic E-state index is 0.310. The van der Waals surface area contributed by atoms with Crippen LogP contribution in [0.25, 0.3) is 10.8 Å². The van der Waals surface area contributed by atoms with Crippen molar-refractivity contribution in [1.29, 1.82) is 0 Å². The minimum Gasteiger partial charge on any atom is -0.490 e. The number of rotatable bonds is 5. The Balaban J connectivity index is 1.45. The van der Waals surface area contributed by atoms with E-state index in [0.29, 0.717) is 11.9 Å². The number of nitrogens with zero attached hydrogens (tertiary/aromatic N) is 2. The zero-order valence-electron chi connectivity index (χ0n) is 16.6. The van der Waals surface area contributed by atoms with Gasteiger partial charge in [-0.25, -0.2) is 4.98 Å². The van der Waals surface area contributed by atoms with Gasteiger partial charge in [0, 0.05) is 42.5 Å². The maximum atomic E-state index is 6.31. The number of ether oxygens (including phenoxy) is 1. The van der Waals surface area contributed by atoms with Crippen molar-refractivity contribution in [3.8, 4) is 5.75 Å². The largest absolute Gasteiger partial charge is 0.490 e. The van der Waals surface area contributed by atoms with Crippen LogP contribution in [-0.2, 0) is 6.54 Å². The first-order chi connectivity index (χ1) is 13.6. The van der Waals surface area contributed by atoms with Crippen LogP contribution in [0, 0.1) is 6.92 Å². The van der Waals surface area contributed by atoms with Crippen molar-refractivity contribution in [2.24, 2.45) is 0 Å². The minimum atomic E-state index is 0.310. The molecule has 0 unspecified atom stereocenters. The molecule has 0 aliphatic carbocycles. The number of piperidine rings is 1. The van der Waals surface area contributed by atoms with Crippen LogP contribution in [-0.4, -0.2) is 36.1 Å². The van der Waals surface area contributed by atoms with E-state index in [-0.39, 0.29) is 0 Å². The van der Waals surface area contributed by atoms with E-state index in [0.717, 1.165) is 60.2 Å². The molecule has 0 bridgehead atoms. The number of anilines is 2. The van der Waals surface area contributed by atoms with E-state index >= 15 is 0 Å². The topological polar surface area (TPSA) is 63.4 Å². The van der Waals surface area contributed by atoms with Crippen molar-refractivity contribution >= 4 is 22.3 Å². The molecule has 0 radical (unpaired) electrons. The quantitative estimate of drug-likeness (QED) is 0.698. The van der Waals surface area contributed by atoms with Gasteiger partial charge in [-0.05, 0) is 62.0 Å². The van der Waals surface area contributed by atoms with Gasteiger partial charge in [-0.3, -0.25) is 0 Å². The Kier molecular flexibility index (Phi) is 5.35. The van der Waals surface area contributed by atoms with Crippen LogP contribution in [0.15, 0.2) is 48.7 Å². The van der Waals surface area contributed by atoms with Crippen LogP contribution in [0.2, 0.25) is 0 Å². The van der Waals surface area contributed by atoms with E-state index in [1.165, 1.54) is 5.56 Å². The number of benzene rings is 2. The van der Waals surface area contributed by atoms with Gasteiger partial charge in [0.15, 0.2) is 0 Å². The van der Waals surface area contributed by atoms with Gasteiger partial charge in [0.05, 0.1) is 0 Å². The summed E-state index contributed by atoms with van der Waals surface area (Å²) in [5.74, 6) is 1.56. The fraction of sp³-hybridized carbons (Fsp3) is 0.348. The molecule has 3 N–H and O–H groups in total. The molecule has 28 heavy (non-hydrogen) atoms. The highest BCUT2D eigenvalue weighted by atomic mass is 16.5. The molecule has 0 amide bonds. The summed E-state index contributed by atoms with van der Waals surface area (Å²) in [5, 5.41) is 5.67. The molecule has 1 aromatic heterocycles. The van der Waals surface area contributed by atoms with Gasteiger partial charge in [0.1, 0.15) is 17.7 Å². The second-order valence-electron chi connectivity index (χ2n) is 7.65. The summed E-state index contributed by atoms with van der Waals surface area (Å²) in [7, 11) is 2.17. The number of likely N-dealkylation sites (tertiary alicyclic amines) is 1. The van der Waals surface area contributed by atoms with Crippen molar-refractivity contribution in [2.45, 2.75) is 32.4 Å². The Labute approximate surface area is 166 Å². The first-order valence-corrected chi connectivity index (χ1v) is 9.92. The molecule has 1 fully saturated rings. The molecule has 0 saturated carbocycles. The van der Waals surface area contributed by atoms with Crippen LogP contribution in [0.1, 0.15) is 24.0 Å². The Hall–Kier alpha value is -2.79. The number of hydrogen-bond donors (Lipinski definition) is 2. The second kappa shape index (κ2) is 8.07. The SMILES string of the molecule is Cc1c(NCc2ccc3c(N)nccc3c2)cccc1OC1CCN(C)CC1. The average molecular weight is 377 g/mol. The second-order valence-corrected chi connectivity index (χ2v) is 7.65. The van der Waals surface area contributed by atoms with Gasteiger partial charge in [-0.15, -0.1) is 0 Å². The van der Waals surface area contributed by atoms with E-state index < -0.39 is 0 Å². The molecule has 0 spiro atoms. The standard InChI is InChI=1S/C23H28N4O/c1-16-21(4-3-5-22(16)28-19-9-12-27(2)13-10-19)26-15-17-6-7-20-18(14-17)8-11-25-23(20)24/h3-8,11,14,19,26H,9-10,12-13,15H2,1-2H3,(H2,24,25). The Bertz CT molecular complexity index is 964. The van der Waals surface area contributed by atoms with Crippen molar-refractivity contribution < 1.29 is 4.74 Å². The summed E-state index contributed by atoms with van der Waals surface area (Å²) in [6.45, 7) is 5.07. The molecule has 1 aliphatic heterocycles. The van der Waals surface area contributed by atoms with E-state index in [1.54, 1.807) is 6.20 Å². The van der Waals surface area contributed by atoms with Crippen molar-refractivity contribution in [3.05, 3.63) is 59.8 Å². The highest BCUT2D eigenvalue weighted by Crippen LogP contribution is 2.29. The van der Waals surface area contributed by atoms with Crippen LogP contribution in [0.4, 0.5) is 11.5 Å². The molecule has 0 atom stereocenters. The molecule has 2 heterocycles. The summed E-state index contributed by atoms with van der Waals surface area (Å²) in [6, 6.07) is 14.5. The summed E-state index contributed by atoms with van der Waals surface area (Å²) in [5.41, 5.74) is 9.43. The Morgan fingerprint density at radius 3 is 2.82 bits per heavy atom. The van der Waals surface area contributed by atoms with Gasteiger partial charge >= 0.3 is 0 Å². The van der Waals surface area contributed by atoms with Gasteiger partial charge in [0.25, 0.3) is 0 Å². The monoisotopic (exact) mass is 376 g/mol. The van der Waals surface area contributed by atoms with E-state index in [9.17, 15) is 0 Å². The number of pyridine rings is 1. The van der Waals surface area contributed by atoms with Crippen LogP contribution < -0.4 is 15.8 Å². The third kappa shape index (κ3) is 4.04. The fourth-order valence-corrected chi connectivity index (χ4v) is 3.77. The van der Waals surface area contributed by atoms with Crippen LogP contribution >= 0.6 is 0 Å². The molecule has 2 aromatic carbocycles. The molecule has 5 nitrogen and oxygen atoms in total. The van der Waals surface area contributed by atoms with E-state index in [4.69, 9.17) is 10.5 Å². The van der Waals surface area contributed by atoms with Gasteiger partial charge in [0.2, 0.25) is 0 Å². The summed E-state index contributed by atoms with van der Waals surface area (Å²) < 4.78 is 6.31. The lowest BCUT2D eigenvalue weighted by molar-refractivity contribution is 0.113. The third-order valence-corrected chi connectivity index (χ3v) is 5.59. The molecule has 1 aliphatic rings. The molecular formula is C23H28N4O. The highest BCUT2D eigenvalue weighted by Gasteiger charge is 2.19. The predicted molar refractivity (Wildman–Crippen MR) is 116 cm³/mol. The number of nitrogen functional groups attached to an aromatic ring is 1. The maximum Gasteiger partial charge on any atom is 0.131 e. The first kappa shape index (κ1) is 18.6. The highest BCUT2D eigenvalue weighted by molar-refractivity contribution is 5.91. The summed E-state index contributed by atoms with van der Waals surface area (Å²) in [4.78, 5) is 6.51. The van der Waals surface area contributed by atoms with Crippen molar-refractivity contribution in [1.82, 2.24) is 9.88 Å². The zero-order valence-corrected chi connectivity index (χ0v) is 16.6. The molecular weight excluding hydrogens is 348 g/mol. The van der Waals surface area contributed by atoms with Gasteiger partial charge < -0.3 is 20.7 Å². The van der Waals surface area contributed by atoms with Crippen LogP contribution in [0.3, 0.4) is 0 Å². The summed E-state index contributed by atoms with van der Waals surface area (Å²) >= 11 is 0. The number of aromatic nitrogens is 1. The molecule has 3 aromatic rings. The summed E-state index contributed by atoms with van der Waals surface area (Å²) in [6.07, 6.45) is 4.23. The van der Waals surface area contributed by atoms with Crippen molar-refractivity contribution in [2.75, 3.05) is 31.2 Å². The van der Waals surface area contributed by atoms with E-state index in [1.807, 2.05) is 12.1 Å². The molecule has 146 valence electrons. The van der Waals surface area contributed by atoms with Gasteiger partial charge in [-0.2, -0.15) is 0 Å². The number of fused-ring (bicyclic) bond motifs is 1. The Morgan fingerprint density at radius 1 is 1.18 bits per heavy atom. The lowest BCUT2D eigenvalue weighted by Crippen LogP contribution is -2.35. The smallest absolute Gasteiger partial charge is 0.131 e. The number of nitrogens with one attached hydrogen (secondary N) is 1. The fourth-order valence-electron chi connectivity index (χ4n) is 3.77. The van der Waals surface area contributed by atoms with Crippen LogP contribution in [0.5, 0.6) is 5.75 Å². The maximum absolute atomic E-state index is 6.31. The first-order valence-electron chi connectivity index (χ1n) is 9.92. The lowest BCUT2D eigenvalue weighted by Gasteiger charge is -2.30. The van der Waals surface area contributed by atoms with Gasteiger partial charge in [-0.1, -0.05) is 18.2 Å². The normalized spacial score (nSPS) is 15.6. The molecule has 1 saturated heterocycles. The molecule has 5 heteroatoms. The molecule has 4 rings (SSSR count). The third-order valence-electron chi connectivity index (χ3n) is 5.59. The number of nitrogens with two attached hydrogens (primary N) is 1.